The molecule has 2 aromatic carbocycles. The Morgan fingerprint density at radius 2 is 1.81 bits per heavy atom. The van der Waals surface area contributed by atoms with Crippen molar-refractivity contribution in [1.29, 1.82) is 5.26 Å². The Hall–Kier alpha value is -3.00. The SMILES string of the molecule is COc1cc(C#N)ccc1OCCCC(=O)Oc1c(C)ccc(C)c1C. The van der Waals surface area contributed by atoms with Gasteiger partial charge >= 0.3 is 5.97 Å². The zero-order valence-electron chi connectivity index (χ0n) is 15.6. The van der Waals surface area contributed by atoms with Crippen LogP contribution in [0.25, 0.3) is 0 Å². The van der Waals surface area contributed by atoms with Gasteiger partial charge in [-0.3, -0.25) is 4.79 Å². The van der Waals surface area contributed by atoms with E-state index in [1.165, 1.54) is 7.11 Å². The van der Waals surface area contributed by atoms with E-state index < -0.39 is 0 Å². The molecule has 26 heavy (non-hydrogen) atoms. The molecule has 0 saturated heterocycles. The van der Waals surface area contributed by atoms with Crippen molar-refractivity contribution in [3.8, 4) is 23.3 Å². The zero-order chi connectivity index (χ0) is 19.1. The summed E-state index contributed by atoms with van der Waals surface area (Å²) < 4.78 is 16.4. The number of nitriles is 1. The number of rotatable bonds is 7. The number of carbonyl (C=O) groups is 1. The van der Waals surface area contributed by atoms with Gasteiger partial charge in [-0.1, -0.05) is 12.1 Å². The lowest BCUT2D eigenvalue weighted by molar-refractivity contribution is -0.134. The van der Waals surface area contributed by atoms with Crippen molar-refractivity contribution in [3.05, 3.63) is 52.6 Å². The second-order valence-electron chi connectivity index (χ2n) is 6.06. The number of hydrogen-bond acceptors (Lipinski definition) is 5. The van der Waals surface area contributed by atoms with Crippen molar-refractivity contribution < 1.29 is 19.0 Å². The highest BCUT2D eigenvalue weighted by atomic mass is 16.5. The maximum Gasteiger partial charge on any atom is 0.311 e. The standard InChI is InChI=1S/C21H23NO4/c1-14-7-8-15(2)21(16(14)3)26-20(23)6-5-11-25-18-10-9-17(13-22)12-19(18)24-4/h7-10,12H,5-6,11H2,1-4H3. The molecule has 0 radical (unpaired) electrons. The first-order chi connectivity index (χ1) is 12.5. The van der Waals surface area contributed by atoms with Gasteiger partial charge in [0, 0.05) is 12.5 Å². The van der Waals surface area contributed by atoms with Gasteiger partial charge in [0.1, 0.15) is 5.75 Å². The minimum Gasteiger partial charge on any atom is -0.493 e. The van der Waals surface area contributed by atoms with Crippen molar-refractivity contribution >= 4 is 5.97 Å². The molecule has 0 spiro atoms. The van der Waals surface area contributed by atoms with E-state index in [-0.39, 0.29) is 12.4 Å². The van der Waals surface area contributed by atoms with E-state index >= 15 is 0 Å². The summed E-state index contributed by atoms with van der Waals surface area (Å²) in [5.74, 6) is 1.41. The molecular formula is C21H23NO4. The first kappa shape index (κ1) is 19.3. The number of ether oxygens (including phenoxy) is 3. The molecule has 0 amide bonds. The Labute approximate surface area is 154 Å². The smallest absolute Gasteiger partial charge is 0.311 e. The van der Waals surface area contributed by atoms with Crippen LogP contribution in [0, 0.1) is 32.1 Å². The maximum atomic E-state index is 12.1. The number of nitrogens with zero attached hydrogens (tertiary/aromatic N) is 1. The molecule has 5 heteroatoms. The van der Waals surface area contributed by atoms with Gasteiger partial charge in [-0.25, -0.2) is 0 Å². The number of hydrogen-bond donors (Lipinski definition) is 0. The van der Waals surface area contributed by atoms with Crippen molar-refractivity contribution in [1.82, 2.24) is 0 Å². The summed E-state index contributed by atoms with van der Waals surface area (Å²) in [6.45, 7) is 6.22. The highest BCUT2D eigenvalue weighted by molar-refractivity contribution is 5.73. The van der Waals surface area contributed by atoms with Gasteiger partial charge in [-0.15, -0.1) is 0 Å². The molecule has 0 N–H and O–H groups in total. The van der Waals surface area contributed by atoms with Crippen molar-refractivity contribution in [2.45, 2.75) is 33.6 Å². The Balaban J connectivity index is 1.86. The van der Waals surface area contributed by atoms with Gasteiger partial charge in [0.2, 0.25) is 0 Å². The van der Waals surface area contributed by atoms with Crippen LogP contribution in [0.15, 0.2) is 30.3 Å². The molecule has 0 atom stereocenters. The lowest BCUT2D eigenvalue weighted by Gasteiger charge is -2.13. The average molecular weight is 353 g/mol. The molecular weight excluding hydrogens is 330 g/mol. The first-order valence-electron chi connectivity index (χ1n) is 8.44. The summed E-state index contributed by atoms with van der Waals surface area (Å²) in [4.78, 5) is 12.1. The molecule has 5 nitrogen and oxygen atoms in total. The van der Waals surface area contributed by atoms with E-state index in [0.717, 1.165) is 16.7 Å². The number of aryl methyl sites for hydroxylation is 2. The van der Waals surface area contributed by atoms with Crippen LogP contribution in [0.5, 0.6) is 17.2 Å². The predicted octanol–water partition coefficient (Wildman–Crippen LogP) is 4.26. The van der Waals surface area contributed by atoms with Gasteiger partial charge in [0.05, 0.1) is 25.3 Å². The van der Waals surface area contributed by atoms with E-state index in [4.69, 9.17) is 19.5 Å². The molecule has 0 heterocycles. The normalized spacial score (nSPS) is 10.1. The average Bonchev–Trinajstić information content (AvgIpc) is 2.65. The molecule has 2 rings (SSSR count). The van der Waals surface area contributed by atoms with Gasteiger partial charge in [0.15, 0.2) is 11.5 Å². The van der Waals surface area contributed by atoms with Crippen molar-refractivity contribution in [3.63, 3.8) is 0 Å². The summed E-state index contributed by atoms with van der Waals surface area (Å²) in [5.41, 5.74) is 3.52. The second kappa shape index (κ2) is 8.91. The van der Waals surface area contributed by atoms with Crippen molar-refractivity contribution in [2.75, 3.05) is 13.7 Å². The Bertz CT molecular complexity index is 837. The van der Waals surface area contributed by atoms with Crippen LogP contribution in [-0.4, -0.2) is 19.7 Å². The second-order valence-corrected chi connectivity index (χ2v) is 6.06. The van der Waals surface area contributed by atoms with Gasteiger partial charge in [0.25, 0.3) is 0 Å². The van der Waals surface area contributed by atoms with Gasteiger partial charge in [-0.2, -0.15) is 5.26 Å². The summed E-state index contributed by atoms with van der Waals surface area (Å²) >= 11 is 0. The van der Waals surface area contributed by atoms with E-state index in [1.54, 1.807) is 18.2 Å². The summed E-state index contributed by atoms with van der Waals surface area (Å²) in [7, 11) is 1.52. The van der Waals surface area contributed by atoms with Crippen LogP contribution in [0.4, 0.5) is 0 Å². The highest BCUT2D eigenvalue weighted by Crippen LogP contribution is 2.28. The molecule has 0 aliphatic carbocycles. The largest absolute Gasteiger partial charge is 0.493 e. The fraction of sp³-hybridized carbons (Fsp3) is 0.333. The minimum atomic E-state index is -0.280. The monoisotopic (exact) mass is 353 g/mol. The third-order valence-corrected chi connectivity index (χ3v) is 4.17. The van der Waals surface area contributed by atoms with Gasteiger partial charge < -0.3 is 14.2 Å². The molecule has 2 aromatic rings. The van der Waals surface area contributed by atoms with E-state index in [2.05, 4.69) is 6.07 Å². The predicted molar refractivity (Wildman–Crippen MR) is 98.7 cm³/mol. The number of esters is 1. The van der Waals surface area contributed by atoms with Crippen LogP contribution in [-0.2, 0) is 4.79 Å². The molecule has 0 unspecified atom stereocenters. The topological polar surface area (TPSA) is 68.5 Å². The van der Waals surface area contributed by atoms with E-state index in [9.17, 15) is 4.79 Å². The van der Waals surface area contributed by atoms with Gasteiger partial charge in [-0.05, 0) is 56.0 Å². The number of benzene rings is 2. The number of carbonyl (C=O) groups excluding carboxylic acids is 1. The van der Waals surface area contributed by atoms with Crippen LogP contribution in [0.1, 0.15) is 35.1 Å². The molecule has 0 fully saturated rings. The summed E-state index contributed by atoms with van der Waals surface area (Å²) in [5, 5.41) is 8.90. The Morgan fingerprint density at radius 1 is 1.08 bits per heavy atom. The third kappa shape index (κ3) is 4.76. The maximum absolute atomic E-state index is 12.1. The van der Waals surface area contributed by atoms with Crippen LogP contribution in [0.2, 0.25) is 0 Å². The van der Waals surface area contributed by atoms with Crippen LogP contribution >= 0.6 is 0 Å². The summed E-state index contributed by atoms with van der Waals surface area (Å²) in [6.07, 6.45) is 0.775. The third-order valence-electron chi connectivity index (χ3n) is 4.17. The Kier molecular flexibility index (Phi) is 6.62. The fourth-order valence-corrected chi connectivity index (χ4v) is 2.50. The lowest BCUT2D eigenvalue weighted by Crippen LogP contribution is -2.12. The van der Waals surface area contributed by atoms with E-state index in [0.29, 0.717) is 35.8 Å². The minimum absolute atomic E-state index is 0.255. The molecule has 0 saturated carbocycles. The van der Waals surface area contributed by atoms with E-state index in [1.807, 2.05) is 32.9 Å². The molecule has 0 aliphatic heterocycles. The van der Waals surface area contributed by atoms with Crippen LogP contribution < -0.4 is 14.2 Å². The lowest BCUT2D eigenvalue weighted by atomic mass is 10.1. The summed E-state index contributed by atoms with van der Waals surface area (Å²) in [6, 6.07) is 11.0. The highest BCUT2D eigenvalue weighted by Gasteiger charge is 2.12. The van der Waals surface area contributed by atoms with Crippen LogP contribution in [0.3, 0.4) is 0 Å². The quantitative estimate of drug-likeness (QED) is 0.423. The molecule has 0 aromatic heterocycles. The first-order valence-corrected chi connectivity index (χ1v) is 8.44. The number of methoxy groups -OCH3 is 1. The molecule has 0 aliphatic rings. The zero-order valence-corrected chi connectivity index (χ0v) is 15.6. The van der Waals surface area contributed by atoms with Crippen molar-refractivity contribution in [2.24, 2.45) is 0 Å². The molecule has 0 bridgehead atoms. The Morgan fingerprint density at radius 3 is 2.50 bits per heavy atom. The fourth-order valence-electron chi connectivity index (χ4n) is 2.50. The molecule has 136 valence electrons.